The summed E-state index contributed by atoms with van der Waals surface area (Å²) in [4.78, 5) is 18.1. The molecule has 1 aliphatic rings. The number of hydrogen-bond acceptors (Lipinski definition) is 5. The molecule has 144 valence electrons. The highest BCUT2D eigenvalue weighted by Gasteiger charge is 2.34. The van der Waals surface area contributed by atoms with Gasteiger partial charge in [-0.25, -0.2) is 0 Å². The minimum absolute atomic E-state index is 0.205. The number of esters is 1. The lowest BCUT2D eigenvalue weighted by molar-refractivity contribution is -0.725. The number of carbonyl (C=O) groups is 1. The van der Waals surface area contributed by atoms with Crippen molar-refractivity contribution >= 4 is 5.97 Å². The summed E-state index contributed by atoms with van der Waals surface area (Å²) in [6.45, 7) is 8.50. The molecule has 7 heteroatoms. The van der Waals surface area contributed by atoms with E-state index in [0.717, 1.165) is 5.56 Å². The van der Waals surface area contributed by atoms with Crippen molar-refractivity contribution in [3.05, 3.63) is 41.1 Å². The molecule has 1 aliphatic carbocycles. The minimum atomic E-state index is -0.344. The lowest BCUT2D eigenvalue weighted by Crippen LogP contribution is -2.45. The first-order valence-corrected chi connectivity index (χ1v) is 9.13. The highest BCUT2D eigenvalue weighted by atomic mass is 16.7. The van der Waals surface area contributed by atoms with E-state index in [0.29, 0.717) is 30.8 Å². The molecule has 0 radical (unpaired) electrons. The predicted octanol–water partition coefficient (Wildman–Crippen LogP) is 3.83. The number of hydrogen-bond donors (Lipinski definition) is 0. The summed E-state index contributed by atoms with van der Waals surface area (Å²) in [5, 5.41) is 17.4. The van der Waals surface area contributed by atoms with Crippen LogP contribution in [0.1, 0.15) is 52.5 Å². The van der Waals surface area contributed by atoms with Gasteiger partial charge < -0.3 is 14.8 Å². The van der Waals surface area contributed by atoms with Gasteiger partial charge in [-0.15, -0.1) is 5.01 Å². The van der Waals surface area contributed by atoms with E-state index in [4.69, 9.17) is 9.57 Å². The first kappa shape index (κ1) is 20.0. The Labute approximate surface area is 155 Å². The Morgan fingerprint density at radius 2 is 2.00 bits per heavy atom. The van der Waals surface area contributed by atoms with E-state index in [1.807, 2.05) is 58.0 Å². The van der Waals surface area contributed by atoms with Crippen LogP contribution in [0.5, 0.6) is 0 Å². The minimum Gasteiger partial charge on any atom is -0.569 e. The molecule has 0 unspecified atom stereocenters. The number of ether oxygens (including phenoxy) is 1. The van der Waals surface area contributed by atoms with Crippen LogP contribution in [0.15, 0.2) is 35.6 Å². The van der Waals surface area contributed by atoms with Gasteiger partial charge in [0.05, 0.1) is 23.0 Å². The van der Waals surface area contributed by atoms with E-state index < -0.39 is 0 Å². The molecule has 1 fully saturated rings. The molecule has 0 amide bonds. The second-order valence-electron chi connectivity index (χ2n) is 7.55. The lowest BCUT2D eigenvalue weighted by atomic mass is 10.1. The van der Waals surface area contributed by atoms with E-state index in [-0.39, 0.29) is 30.1 Å². The Bertz CT molecular complexity index is 613. The van der Waals surface area contributed by atoms with Crippen LogP contribution >= 0.6 is 0 Å². The van der Waals surface area contributed by atoms with Gasteiger partial charge in [0.1, 0.15) is 12.7 Å². The Kier molecular flexibility index (Phi) is 6.83. The smallest absolute Gasteiger partial charge is 0.309 e. The van der Waals surface area contributed by atoms with E-state index in [9.17, 15) is 10.0 Å². The first-order valence-electron chi connectivity index (χ1n) is 9.13. The zero-order valence-electron chi connectivity index (χ0n) is 16.1. The monoisotopic (exact) mass is 363 g/mol. The van der Waals surface area contributed by atoms with Crippen molar-refractivity contribution in [2.75, 3.05) is 6.54 Å². The normalized spacial score (nSPS) is 20.7. The third kappa shape index (κ3) is 5.61. The maximum atomic E-state index is 12.2. The molecular formula is C19H29N3O4. The molecule has 26 heavy (non-hydrogen) atoms. The lowest BCUT2D eigenvalue weighted by Gasteiger charge is -2.29. The molecule has 0 N–H and O–H groups in total. The standard InChI is InChI=1S/C19H29N3O4/c1-5-21(19(2,3)4)22(24)20-26-17-12-11-16(13-17)18(23)25-14-15-9-7-6-8-10-15/h6-10,16-17H,5,11-14H2,1-4H3/b22-20-/t16-,17+/m1/s1. The summed E-state index contributed by atoms with van der Waals surface area (Å²) in [6, 6.07) is 9.59. The zero-order valence-corrected chi connectivity index (χ0v) is 16.1. The fourth-order valence-electron chi connectivity index (χ4n) is 3.10. The second kappa shape index (κ2) is 8.87. The van der Waals surface area contributed by atoms with Gasteiger partial charge in [0.2, 0.25) is 5.28 Å². The van der Waals surface area contributed by atoms with Gasteiger partial charge in [-0.3, -0.25) is 4.79 Å². The van der Waals surface area contributed by atoms with Crippen molar-refractivity contribution in [3.63, 3.8) is 0 Å². The van der Waals surface area contributed by atoms with Crippen LogP contribution < -0.4 is 0 Å². The summed E-state index contributed by atoms with van der Waals surface area (Å²) >= 11 is 0. The second-order valence-corrected chi connectivity index (χ2v) is 7.55. The Morgan fingerprint density at radius 3 is 2.62 bits per heavy atom. The highest BCUT2D eigenvalue weighted by molar-refractivity contribution is 5.72. The quantitative estimate of drug-likeness (QED) is 0.318. The summed E-state index contributed by atoms with van der Waals surface area (Å²) < 4.78 is 5.38. The highest BCUT2D eigenvalue weighted by Crippen LogP contribution is 2.29. The van der Waals surface area contributed by atoms with Crippen molar-refractivity contribution < 1.29 is 19.3 Å². The molecule has 2 atom stereocenters. The number of nitrogens with zero attached hydrogens (tertiary/aromatic N) is 3. The summed E-state index contributed by atoms with van der Waals surface area (Å²) in [7, 11) is 0. The van der Waals surface area contributed by atoms with Crippen molar-refractivity contribution in [3.8, 4) is 0 Å². The fraction of sp³-hybridized carbons (Fsp3) is 0.632. The van der Waals surface area contributed by atoms with Crippen LogP contribution in [0.25, 0.3) is 0 Å². The van der Waals surface area contributed by atoms with Crippen molar-refractivity contribution in [1.29, 1.82) is 0 Å². The third-order valence-corrected chi connectivity index (χ3v) is 4.49. The number of benzene rings is 1. The van der Waals surface area contributed by atoms with E-state index in [1.54, 1.807) is 5.01 Å². The van der Waals surface area contributed by atoms with Crippen LogP contribution in [0.3, 0.4) is 0 Å². The average molecular weight is 363 g/mol. The molecule has 0 heterocycles. The van der Waals surface area contributed by atoms with Crippen LogP contribution in [0, 0.1) is 11.1 Å². The molecule has 0 aliphatic heterocycles. The fourth-order valence-corrected chi connectivity index (χ4v) is 3.10. The van der Waals surface area contributed by atoms with Crippen LogP contribution in [0.2, 0.25) is 0 Å². The molecule has 0 saturated heterocycles. The molecule has 2 rings (SSSR count). The molecule has 0 aromatic heterocycles. The summed E-state index contributed by atoms with van der Waals surface area (Å²) in [6.07, 6.45) is 1.65. The number of hydrazine groups is 1. The van der Waals surface area contributed by atoms with Gasteiger partial charge in [-0.2, -0.15) is 0 Å². The zero-order chi connectivity index (χ0) is 19.2. The van der Waals surface area contributed by atoms with Crippen LogP contribution in [-0.2, 0) is 21.0 Å². The largest absolute Gasteiger partial charge is 0.569 e. The molecular weight excluding hydrogens is 334 g/mol. The Balaban J connectivity index is 1.80. The summed E-state index contributed by atoms with van der Waals surface area (Å²) in [5.41, 5.74) is 0.619. The SMILES string of the molecule is CCN(/[N+]([O-])=N/O[C@H]1CC[C@@H](C(=O)OCc2ccccc2)C1)C(C)(C)C. The number of carbonyl (C=O) groups excluding carboxylic acids is 1. The van der Waals surface area contributed by atoms with Crippen LogP contribution in [0.4, 0.5) is 0 Å². The third-order valence-electron chi connectivity index (χ3n) is 4.49. The van der Waals surface area contributed by atoms with Gasteiger partial charge in [-0.05, 0) is 46.1 Å². The maximum absolute atomic E-state index is 12.2. The van der Waals surface area contributed by atoms with Crippen LogP contribution in [-0.4, -0.2) is 34.1 Å². The average Bonchev–Trinajstić information content (AvgIpc) is 3.07. The topological polar surface area (TPSA) is 77.2 Å². The van der Waals surface area contributed by atoms with Gasteiger partial charge >= 0.3 is 5.97 Å². The van der Waals surface area contributed by atoms with Crippen molar-refractivity contribution in [1.82, 2.24) is 5.01 Å². The molecule has 0 bridgehead atoms. The van der Waals surface area contributed by atoms with Crippen molar-refractivity contribution in [2.24, 2.45) is 11.2 Å². The Hall–Kier alpha value is -2.31. The molecule has 1 aromatic carbocycles. The first-order chi connectivity index (χ1) is 12.3. The Morgan fingerprint density at radius 1 is 1.31 bits per heavy atom. The summed E-state index contributed by atoms with van der Waals surface area (Å²) in [5.74, 6) is -0.423. The van der Waals surface area contributed by atoms with E-state index >= 15 is 0 Å². The van der Waals surface area contributed by atoms with Gasteiger partial charge in [0, 0.05) is 6.42 Å². The predicted molar refractivity (Wildman–Crippen MR) is 96.6 cm³/mol. The number of rotatable bonds is 7. The molecule has 7 nitrogen and oxygen atoms in total. The molecule has 1 saturated carbocycles. The maximum Gasteiger partial charge on any atom is 0.309 e. The van der Waals surface area contributed by atoms with Gasteiger partial charge in [0.15, 0.2) is 0 Å². The molecule has 1 aromatic rings. The van der Waals surface area contributed by atoms with E-state index in [2.05, 4.69) is 5.28 Å². The molecule has 0 spiro atoms. The van der Waals surface area contributed by atoms with Gasteiger partial charge in [0.25, 0.3) is 0 Å². The van der Waals surface area contributed by atoms with Gasteiger partial charge in [-0.1, -0.05) is 30.3 Å². The van der Waals surface area contributed by atoms with E-state index in [1.165, 1.54) is 0 Å². The van der Waals surface area contributed by atoms with Crippen molar-refractivity contribution in [2.45, 2.75) is 65.2 Å².